The van der Waals surface area contributed by atoms with Crippen molar-refractivity contribution >= 4 is 11.9 Å². The maximum Gasteiger partial charge on any atom is 0.322 e. The van der Waals surface area contributed by atoms with Crippen LogP contribution in [-0.2, 0) is 4.79 Å². The van der Waals surface area contributed by atoms with Gasteiger partial charge in [0.15, 0.2) is 0 Å². The highest BCUT2D eigenvalue weighted by Gasteiger charge is 2.41. The van der Waals surface area contributed by atoms with Crippen molar-refractivity contribution in [1.29, 1.82) is 0 Å². The molecule has 104 valence electrons. The molecular weight excluding hydrogens is 261 g/mol. The minimum atomic E-state index is -0.522. The first kappa shape index (κ1) is 12.7. The number of carbonyl (C=O) groups is 2. The molecule has 0 radical (unpaired) electrons. The molecule has 2 heterocycles. The molecule has 0 fully saturated rings. The third-order valence-electron chi connectivity index (χ3n) is 3.74. The van der Waals surface area contributed by atoms with E-state index >= 15 is 0 Å². The summed E-state index contributed by atoms with van der Waals surface area (Å²) < 4.78 is 13.0. The first-order valence-corrected chi connectivity index (χ1v) is 6.27. The molecule has 0 bridgehead atoms. The maximum absolute atomic E-state index is 13.0. The van der Waals surface area contributed by atoms with E-state index in [1.807, 2.05) is 0 Å². The van der Waals surface area contributed by atoms with Gasteiger partial charge in [-0.25, -0.2) is 9.18 Å². The summed E-state index contributed by atoms with van der Waals surface area (Å²) in [6.45, 7) is 0.412. The van der Waals surface area contributed by atoms with Gasteiger partial charge in [0, 0.05) is 14.1 Å². The Kier molecular flexibility index (Phi) is 2.74. The molecule has 3 rings (SSSR count). The predicted molar refractivity (Wildman–Crippen MR) is 70.1 cm³/mol. The van der Waals surface area contributed by atoms with Crippen LogP contribution in [-0.4, -0.2) is 42.4 Å². The standard InChI is InChI=1S/C14H14FN3O2/c1-17-7-10-11(13(17)19)12(16-14(20)18(10)2)8-3-5-9(15)6-4-8/h3-6,12H,7H2,1-2H3,(H,16,20)/t12-/m0/s1. The smallest absolute Gasteiger partial charge is 0.322 e. The molecule has 6 heteroatoms. The number of hydrogen-bond acceptors (Lipinski definition) is 2. The average molecular weight is 275 g/mol. The van der Waals surface area contributed by atoms with E-state index in [9.17, 15) is 14.0 Å². The fraction of sp³-hybridized carbons (Fsp3) is 0.286. The van der Waals surface area contributed by atoms with Crippen LogP contribution in [0.25, 0.3) is 0 Å². The van der Waals surface area contributed by atoms with E-state index in [1.54, 1.807) is 31.1 Å². The van der Waals surface area contributed by atoms with Gasteiger partial charge in [-0.05, 0) is 17.7 Å². The molecule has 0 aliphatic carbocycles. The van der Waals surface area contributed by atoms with Crippen molar-refractivity contribution in [2.24, 2.45) is 0 Å². The molecule has 0 aromatic heterocycles. The lowest BCUT2D eigenvalue weighted by molar-refractivity contribution is -0.124. The lowest BCUT2D eigenvalue weighted by atomic mass is 9.96. The Morgan fingerprint density at radius 2 is 1.85 bits per heavy atom. The molecule has 1 N–H and O–H groups in total. The monoisotopic (exact) mass is 275 g/mol. The van der Waals surface area contributed by atoms with E-state index in [1.165, 1.54) is 17.0 Å². The number of carbonyl (C=O) groups excluding carboxylic acids is 2. The molecule has 0 unspecified atom stereocenters. The van der Waals surface area contributed by atoms with Crippen LogP contribution in [0.1, 0.15) is 11.6 Å². The van der Waals surface area contributed by atoms with Crippen molar-refractivity contribution < 1.29 is 14.0 Å². The van der Waals surface area contributed by atoms with Crippen LogP contribution in [0, 0.1) is 5.82 Å². The van der Waals surface area contributed by atoms with Gasteiger partial charge in [0.05, 0.1) is 23.9 Å². The fourth-order valence-corrected chi connectivity index (χ4v) is 2.61. The summed E-state index contributed by atoms with van der Waals surface area (Å²) in [6.07, 6.45) is 0. The van der Waals surface area contributed by atoms with Gasteiger partial charge in [-0.1, -0.05) is 12.1 Å². The SMILES string of the molecule is CN1CC2=C(C1=O)[C@H](c1ccc(F)cc1)NC(=O)N2C. The van der Waals surface area contributed by atoms with Crippen LogP contribution in [0.4, 0.5) is 9.18 Å². The third-order valence-corrected chi connectivity index (χ3v) is 3.74. The van der Waals surface area contributed by atoms with Crippen molar-refractivity contribution in [3.8, 4) is 0 Å². The number of halogens is 1. The first-order valence-electron chi connectivity index (χ1n) is 6.27. The molecule has 2 aliphatic rings. The van der Waals surface area contributed by atoms with Gasteiger partial charge in [0.2, 0.25) is 0 Å². The molecular formula is C14H14FN3O2. The van der Waals surface area contributed by atoms with Gasteiger partial charge in [-0.3, -0.25) is 9.69 Å². The predicted octanol–water partition coefficient (Wildman–Crippen LogP) is 1.25. The Morgan fingerprint density at radius 3 is 2.50 bits per heavy atom. The van der Waals surface area contributed by atoms with Crippen LogP contribution < -0.4 is 5.32 Å². The molecule has 20 heavy (non-hydrogen) atoms. The van der Waals surface area contributed by atoms with E-state index in [2.05, 4.69) is 5.32 Å². The third kappa shape index (κ3) is 1.76. The van der Waals surface area contributed by atoms with Crippen molar-refractivity contribution in [1.82, 2.24) is 15.1 Å². The summed E-state index contributed by atoms with van der Waals surface area (Å²) in [5.41, 5.74) is 1.96. The highest BCUT2D eigenvalue weighted by molar-refractivity contribution is 6.01. The van der Waals surface area contributed by atoms with Gasteiger partial charge in [-0.15, -0.1) is 0 Å². The summed E-state index contributed by atoms with van der Waals surface area (Å²) in [5.74, 6) is -0.460. The van der Waals surface area contributed by atoms with Crippen molar-refractivity contribution in [3.63, 3.8) is 0 Å². The van der Waals surface area contributed by atoms with Crippen molar-refractivity contribution in [3.05, 3.63) is 46.9 Å². The largest absolute Gasteiger partial charge is 0.336 e. The molecule has 3 amide bonds. The number of hydrogen-bond donors (Lipinski definition) is 1. The highest BCUT2D eigenvalue weighted by Crippen LogP contribution is 2.34. The summed E-state index contributed by atoms with van der Waals surface area (Å²) in [7, 11) is 3.33. The summed E-state index contributed by atoms with van der Waals surface area (Å²) in [6, 6.07) is 5.03. The fourth-order valence-electron chi connectivity index (χ4n) is 2.61. The zero-order valence-electron chi connectivity index (χ0n) is 11.2. The van der Waals surface area contributed by atoms with Crippen molar-refractivity contribution in [2.45, 2.75) is 6.04 Å². The van der Waals surface area contributed by atoms with Gasteiger partial charge in [0.25, 0.3) is 5.91 Å². The molecule has 1 atom stereocenters. The van der Waals surface area contributed by atoms with Crippen LogP contribution in [0.2, 0.25) is 0 Å². The highest BCUT2D eigenvalue weighted by atomic mass is 19.1. The van der Waals surface area contributed by atoms with Gasteiger partial charge >= 0.3 is 6.03 Å². The Labute approximate surface area is 115 Å². The van der Waals surface area contributed by atoms with Crippen LogP contribution in [0.3, 0.4) is 0 Å². The van der Waals surface area contributed by atoms with Crippen molar-refractivity contribution in [2.75, 3.05) is 20.6 Å². The number of nitrogens with zero attached hydrogens (tertiary/aromatic N) is 2. The Morgan fingerprint density at radius 1 is 1.20 bits per heavy atom. The molecule has 1 aromatic rings. The molecule has 1 aromatic carbocycles. The second-order valence-corrected chi connectivity index (χ2v) is 5.01. The number of benzene rings is 1. The number of nitrogens with one attached hydrogen (secondary N) is 1. The molecule has 0 saturated carbocycles. The van der Waals surface area contributed by atoms with E-state index in [0.29, 0.717) is 23.4 Å². The molecule has 0 saturated heterocycles. The topological polar surface area (TPSA) is 52.7 Å². The number of likely N-dealkylation sites (N-methyl/N-ethyl adjacent to an activating group) is 2. The normalized spacial score (nSPS) is 22.2. The Balaban J connectivity index is 2.08. The number of rotatable bonds is 1. The average Bonchev–Trinajstić information content (AvgIpc) is 2.72. The second-order valence-electron chi connectivity index (χ2n) is 5.01. The van der Waals surface area contributed by atoms with Crippen LogP contribution >= 0.6 is 0 Å². The van der Waals surface area contributed by atoms with E-state index in [-0.39, 0.29) is 17.8 Å². The van der Waals surface area contributed by atoms with E-state index < -0.39 is 6.04 Å². The van der Waals surface area contributed by atoms with E-state index in [0.717, 1.165) is 0 Å². The second kappa shape index (κ2) is 4.33. The molecule has 5 nitrogen and oxygen atoms in total. The first-order chi connectivity index (χ1) is 9.49. The van der Waals surface area contributed by atoms with Crippen LogP contribution in [0.15, 0.2) is 35.5 Å². The molecule has 0 spiro atoms. The Bertz CT molecular complexity index is 624. The Hall–Kier alpha value is -2.37. The minimum absolute atomic E-state index is 0.110. The quantitative estimate of drug-likeness (QED) is 0.838. The lowest BCUT2D eigenvalue weighted by Gasteiger charge is -2.31. The molecule has 2 aliphatic heterocycles. The maximum atomic E-state index is 13.0. The minimum Gasteiger partial charge on any atom is -0.336 e. The number of urea groups is 1. The zero-order chi connectivity index (χ0) is 14.4. The number of amides is 3. The van der Waals surface area contributed by atoms with Gasteiger partial charge in [-0.2, -0.15) is 0 Å². The summed E-state index contributed by atoms with van der Waals surface area (Å²) in [4.78, 5) is 27.3. The van der Waals surface area contributed by atoms with Gasteiger partial charge in [0.1, 0.15) is 5.82 Å². The van der Waals surface area contributed by atoms with E-state index in [4.69, 9.17) is 0 Å². The summed E-state index contributed by atoms with van der Waals surface area (Å²) in [5, 5.41) is 2.78. The van der Waals surface area contributed by atoms with Gasteiger partial charge < -0.3 is 10.2 Å². The van der Waals surface area contributed by atoms with Crippen LogP contribution in [0.5, 0.6) is 0 Å². The lowest BCUT2D eigenvalue weighted by Crippen LogP contribution is -2.45. The zero-order valence-corrected chi connectivity index (χ0v) is 11.2. The summed E-state index contributed by atoms with van der Waals surface area (Å²) >= 11 is 0.